The first-order chi connectivity index (χ1) is 12.4. The molecule has 0 bridgehead atoms. The lowest BCUT2D eigenvalue weighted by Crippen LogP contribution is -2.38. The Balaban J connectivity index is 1.59. The van der Waals surface area contributed by atoms with Gasteiger partial charge in [-0.05, 0) is 44.0 Å². The third-order valence-electron chi connectivity index (χ3n) is 4.38. The first-order valence-corrected chi connectivity index (χ1v) is 8.62. The van der Waals surface area contributed by atoms with E-state index in [2.05, 4.69) is 20.4 Å². The number of aryl methyl sites for hydroxylation is 1. The van der Waals surface area contributed by atoms with Crippen molar-refractivity contribution >= 4 is 34.7 Å². The molecule has 1 amide bonds. The molecule has 1 aliphatic heterocycles. The molecule has 0 atom stereocenters. The topological polar surface area (TPSA) is 101 Å². The van der Waals surface area contributed by atoms with Gasteiger partial charge in [-0.1, -0.05) is 11.6 Å². The maximum absolute atomic E-state index is 12.5. The third kappa shape index (κ3) is 4.08. The molecule has 26 heavy (non-hydrogen) atoms. The number of anilines is 2. The number of nitro groups is 1. The van der Waals surface area contributed by atoms with Crippen LogP contribution in [0.2, 0.25) is 5.02 Å². The lowest BCUT2D eigenvalue weighted by Gasteiger charge is -2.31. The van der Waals surface area contributed by atoms with Gasteiger partial charge < -0.3 is 10.2 Å². The number of hydrogen-bond donors (Lipinski definition) is 1. The maximum atomic E-state index is 12.5. The number of carbonyl (C=O) groups is 1. The smallest absolute Gasteiger partial charge is 0.289 e. The van der Waals surface area contributed by atoms with E-state index in [0.29, 0.717) is 31.6 Å². The van der Waals surface area contributed by atoms with Gasteiger partial charge in [0.2, 0.25) is 5.91 Å². The van der Waals surface area contributed by atoms with Crippen LogP contribution in [0.3, 0.4) is 0 Å². The van der Waals surface area contributed by atoms with Gasteiger partial charge in [-0.15, -0.1) is 5.10 Å². The van der Waals surface area contributed by atoms with Gasteiger partial charge in [0.25, 0.3) is 5.69 Å². The second kappa shape index (κ2) is 7.65. The fourth-order valence-corrected chi connectivity index (χ4v) is 3.09. The van der Waals surface area contributed by atoms with Crippen molar-refractivity contribution < 1.29 is 9.72 Å². The largest absolute Gasteiger partial charge is 0.355 e. The van der Waals surface area contributed by atoms with Crippen molar-refractivity contribution in [3.05, 3.63) is 51.2 Å². The Morgan fingerprint density at radius 3 is 2.62 bits per heavy atom. The zero-order valence-corrected chi connectivity index (χ0v) is 14.9. The first kappa shape index (κ1) is 18.1. The van der Waals surface area contributed by atoms with Crippen molar-refractivity contribution in [3.63, 3.8) is 0 Å². The number of piperidine rings is 1. The highest BCUT2D eigenvalue weighted by atomic mass is 35.5. The standard InChI is InChI=1S/C17H18ClN5O3/c1-11-2-5-16(21-20-11)22-8-6-12(7-9-22)17(24)19-13-3-4-14(18)15(10-13)23(25)26/h2-5,10,12H,6-9H2,1H3,(H,19,24). The summed E-state index contributed by atoms with van der Waals surface area (Å²) >= 11 is 5.79. The highest BCUT2D eigenvalue weighted by molar-refractivity contribution is 6.32. The molecule has 0 aliphatic carbocycles. The van der Waals surface area contributed by atoms with Crippen LogP contribution >= 0.6 is 11.6 Å². The zero-order chi connectivity index (χ0) is 18.7. The molecular weight excluding hydrogens is 358 g/mol. The summed E-state index contributed by atoms with van der Waals surface area (Å²) in [5, 5.41) is 22.0. The number of rotatable bonds is 4. The molecular formula is C17H18ClN5O3. The van der Waals surface area contributed by atoms with Crippen LogP contribution < -0.4 is 10.2 Å². The second-order valence-corrected chi connectivity index (χ2v) is 6.61. The molecule has 1 saturated heterocycles. The molecule has 0 spiro atoms. The normalized spacial score (nSPS) is 14.9. The highest BCUT2D eigenvalue weighted by Gasteiger charge is 2.26. The van der Waals surface area contributed by atoms with E-state index in [-0.39, 0.29) is 22.5 Å². The third-order valence-corrected chi connectivity index (χ3v) is 4.70. The van der Waals surface area contributed by atoms with E-state index in [4.69, 9.17) is 11.6 Å². The van der Waals surface area contributed by atoms with Crippen molar-refractivity contribution in [2.75, 3.05) is 23.3 Å². The summed E-state index contributed by atoms with van der Waals surface area (Å²) < 4.78 is 0. The number of carbonyl (C=O) groups excluding carboxylic acids is 1. The Morgan fingerprint density at radius 2 is 2.00 bits per heavy atom. The van der Waals surface area contributed by atoms with Crippen molar-refractivity contribution in [2.24, 2.45) is 5.92 Å². The zero-order valence-electron chi connectivity index (χ0n) is 14.2. The van der Waals surface area contributed by atoms with Crippen LogP contribution in [-0.2, 0) is 4.79 Å². The van der Waals surface area contributed by atoms with Gasteiger partial charge in [0.15, 0.2) is 5.82 Å². The average molecular weight is 376 g/mol. The maximum Gasteiger partial charge on any atom is 0.289 e. The fraction of sp³-hybridized carbons (Fsp3) is 0.353. The van der Waals surface area contributed by atoms with Crippen molar-refractivity contribution in [3.8, 4) is 0 Å². The second-order valence-electron chi connectivity index (χ2n) is 6.21. The molecule has 2 aromatic rings. The lowest BCUT2D eigenvalue weighted by atomic mass is 9.96. The van der Waals surface area contributed by atoms with E-state index in [1.807, 2.05) is 19.1 Å². The number of nitrogens with one attached hydrogen (secondary N) is 1. The molecule has 2 heterocycles. The molecule has 0 unspecified atom stereocenters. The van der Waals surface area contributed by atoms with Crippen molar-refractivity contribution in [1.29, 1.82) is 0 Å². The molecule has 3 rings (SSSR count). The Labute approximate surface area is 155 Å². The van der Waals surface area contributed by atoms with E-state index >= 15 is 0 Å². The Morgan fingerprint density at radius 1 is 1.27 bits per heavy atom. The minimum atomic E-state index is -0.570. The summed E-state index contributed by atoms with van der Waals surface area (Å²) in [7, 11) is 0. The summed E-state index contributed by atoms with van der Waals surface area (Å²) in [4.78, 5) is 24.9. The molecule has 1 fully saturated rings. The average Bonchev–Trinajstić information content (AvgIpc) is 2.64. The van der Waals surface area contributed by atoms with Gasteiger partial charge in [0, 0.05) is 30.8 Å². The van der Waals surface area contributed by atoms with Crippen molar-refractivity contribution in [2.45, 2.75) is 19.8 Å². The quantitative estimate of drug-likeness (QED) is 0.650. The molecule has 0 radical (unpaired) electrons. The number of nitro benzene ring substituents is 1. The van der Waals surface area contributed by atoms with Crippen LogP contribution in [0.4, 0.5) is 17.2 Å². The highest BCUT2D eigenvalue weighted by Crippen LogP contribution is 2.28. The van der Waals surface area contributed by atoms with E-state index in [1.165, 1.54) is 12.1 Å². The molecule has 1 aromatic heterocycles. The number of aromatic nitrogens is 2. The molecule has 9 heteroatoms. The SMILES string of the molecule is Cc1ccc(N2CCC(C(=O)Nc3ccc(Cl)c([N+](=O)[O-])c3)CC2)nn1. The first-order valence-electron chi connectivity index (χ1n) is 8.24. The minimum absolute atomic E-state index is 0.0421. The van der Waals surface area contributed by atoms with Gasteiger partial charge in [-0.25, -0.2) is 0 Å². The molecule has 136 valence electrons. The van der Waals surface area contributed by atoms with Gasteiger partial charge in [0.1, 0.15) is 5.02 Å². The van der Waals surface area contributed by atoms with Crippen LogP contribution in [0.15, 0.2) is 30.3 Å². The van der Waals surface area contributed by atoms with Crippen LogP contribution in [0, 0.1) is 23.0 Å². The number of amides is 1. The number of halogens is 1. The summed E-state index contributed by atoms with van der Waals surface area (Å²) in [6, 6.07) is 8.08. The summed E-state index contributed by atoms with van der Waals surface area (Å²) in [6.07, 6.45) is 1.36. The Bertz CT molecular complexity index is 820. The molecule has 0 saturated carbocycles. The predicted octanol–water partition coefficient (Wildman–Crippen LogP) is 3.20. The number of hydrogen-bond acceptors (Lipinski definition) is 6. The van der Waals surface area contributed by atoms with Gasteiger partial charge in [-0.3, -0.25) is 14.9 Å². The van der Waals surface area contributed by atoms with Gasteiger partial charge in [-0.2, -0.15) is 5.10 Å². The van der Waals surface area contributed by atoms with E-state index in [1.54, 1.807) is 6.07 Å². The Kier molecular flexibility index (Phi) is 5.32. The van der Waals surface area contributed by atoms with Crippen LogP contribution in [0.5, 0.6) is 0 Å². The molecule has 1 aromatic carbocycles. The van der Waals surface area contributed by atoms with Crippen LogP contribution in [-0.4, -0.2) is 34.1 Å². The number of benzene rings is 1. The van der Waals surface area contributed by atoms with Crippen LogP contribution in [0.25, 0.3) is 0 Å². The van der Waals surface area contributed by atoms with Crippen molar-refractivity contribution in [1.82, 2.24) is 10.2 Å². The van der Waals surface area contributed by atoms with Gasteiger partial charge >= 0.3 is 0 Å². The van der Waals surface area contributed by atoms with Crippen LogP contribution in [0.1, 0.15) is 18.5 Å². The summed E-state index contributed by atoms with van der Waals surface area (Å²) in [5.41, 5.74) is 1.01. The lowest BCUT2D eigenvalue weighted by molar-refractivity contribution is -0.384. The van der Waals surface area contributed by atoms with E-state index < -0.39 is 4.92 Å². The monoisotopic (exact) mass is 375 g/mol. The Hall–Kier alpha value is -2.74. The summed E-state index contributed by atoms with van der Waals surface area (Å²) in [5.74, 6) is 0.512. The fourth-order valence-electron chi connectivity index (χ4n) is 2.91. The van der Waals surface area contributed by atoms with E-state index in [0.717, 1.165) is 11.5 Å². The molecule has 1 aliphatic rings. The predicted molar refractivity (Wildman–Crippen MR) is 98.4 cm³/mol. The van der Waals surface area contributed by atoms with E-state index in [9.17, 15) is 14.9 Å². The van der Waals surface area contributed by atoms with Gasteiger partial charge in [0.05, 0.1) is 10.6 Å². The number of nitrogens with zero attached hydrogens (tertiary/aromatic N) is 4. The molecule has 1 N–H and O–H groups in total. The minimum Gasteiger partial charge on any atom is -0.355 e. The summed E-state index contributed by atoms with van der Waals surface area (Å²) in [6.45, 7) is 3.29. The molecule has 8 nitrogen and oxygen atoms in total.